The topological polar surface area (TPSA) is 76.7 Å². The molecule has 2 N–H and O–H groups in total. The second-order valence-corrected chi connectivity index (χ2v) is 5.40. The molecule has 25 heavy (non-hydrogen) atoms. The van der Waals surface area contributed by atoms with Crippen LogP contribution in [-0.2, 0) is 4.79 Å². The summed E-state index contributed by atoms with van der Waals surface area (Å²) in [5.74, 6) is 0.843. The molecule has 0 radical (unpaired) electrons. The van der Waals surface area contributed by atoms with Crippen molar-refractivity contribution in [3.63, 3.8) is 0 Å². The maximum Gasteiger partial charge on any atom is 0.255 e. The molecule has 6 heteroatoms. The van der Waals surface area contributed by atoms with Crippen molar-refractivity contribution in [3.05, 3.63) is 48.0 Å². The summed E-state index contributed by atoms with van der Waals surface area (Å²) in [6.07, 6.45) is 1.26. The molecule has 2 amide bonds. The van der Waals surface area contributed by atoms with E-state index in [1.54, 1.807) is 49.6 Å². The van der Waals surface area contributed by atoms with E-state index >= 15 is 0 Å². The second kappa shape index (κ2) is 8.73. The summed E-state index contributed by atoms with van der Waals surface area (Å²) in [6.45, 7) is 1.94. The zero-order valence-electron chi connectivity index (χ0n) is 14.6. The molecular formula is C19H22N2O4. The Kier molecular flexibility index (Phi) is 6.39. The van der Waals surface area contributed by atoms with Gasteiger partial charge in [0.05, 0.1) is 19.9 Å². The normalized spacial score (nSPS) is 10.0. The highest BCUT2D eigenvalue weighted by Crippen LogP contribution is 2.29. The molecule has 6 nitrogen and oxygen atoms in total. The largest absolute Gasteiger partial charge is 0.497 e. The molecule has 0 bridgehead atoms. The molecule has 0 spiro atoms. The summed E-state index contributed by atoms with van der Waals surface area (Å²) >= 11 is 0. The summed E-state index contributed by atoms with van der Waals surface area (Å²) in [5.41, 5.74) is 1.69. The summed E-state index contributed by atoms with van der Waals surface area (Å²) in [6, 6.07) is 11.9. The van der Waals surface area contributed by atoms with Gasteiger partial charge in [-0.15, -0.1) is 0 Å². The molecule has 0 atom stereocenters. The molecule has 0 saturated carbocycles. The van der Waals surface area contributed by atoms with Crippen LogP contribution >= 0.6 is 0 Å². The Labute approximate surface area is 147 Å². The first kappa shape index (κ1) is 18.3. The number of hydrogen-bond donors (Lipinski definition) is 2. The van der Waals surface area contributed by atoms with Gasteiger partial charge in [0, 0.05) is 23.7 Å². The van der Waals surface area contributed by atoms with E-state index in [4.69, 9.17) is 9.47 Å². The number of anilines is 2. The molecule has 0 aliphatic heterocycles. The van der Waals surface area contributed by atoms with E-state index in [0.717, 1.165) is 6.42 Å². The van der Waals surface area contributed by atoms with Crippen molar-refractivity contribution in [1.82, 2.24) is 0 Å². The number of ether oxygens (including phenoxy) is 2. The quantitative estimate of drug-likeness (QED) is 0.804. The molecule has 0 fully saturated rings. The highest BCUT2D eigenvalue weighted by molar-refractivity contribution is 6.05. The lowest BCUT2D eigenvalue weighted by Gasteiger charge is -2.12. The highest BCUT2D eigenvalue weighted by atomic mass is 16.5. The number of methoxy groups -OCH3 is 2. The van der Waals surface area contributed by atoms with Crippen LogP contribution in [0.5, 0.6) is 11.5 Å². The van der Waals surface area contributed by atoms with Gasteiger partial charge in [0.25, 0.3) is 5.91 Å². The van der Waals surface area contributed by atoms with Crippen molar-refractivity contribution in [2.75, 3.05) is 24.9 Å². The number of nitrogens with one attached hydrogen (secondary N) is 2. The first-order valence-corrected chi connectivity index (χ1v) is 8.00. The van der Waals surface area contributed by atoms with Crippen LogP contribution in [0.25, 0.3) is 0 Å². The molecule has 0 aromatic heterocycles. The van der Waals surface area contributed by atoms with Crippen LogP contribution in [0.3, 0.4) is 0 Å². The third-order valence-corrected chi connectivity index (χ3v) is 3.56. The predicted molar refractivity (Wildman–Crippen MR) is 97.5 cm³/mol. The van der Waals surface area contributed by atoms with Crippen molar-refractivity contribution in [2.45, 2.75) is 19.8 Å². The van der Waals surface area contributed by atoms with E-state index in [9.17, 15) is 9.59 Å². The molecule has 2 aromatic carbocycles. The van der Waals surface area contributed by atoms with Crippen molar-refractivity contribution >= 4 is 23.2 Å². The Morgan fingerprint density at radius 2 is 1.68 bits per heavy atom. The van der Waals surface area contributed by atoms with Crippen LogP contribution in [0.15, 0.2) is 42.5 Å². The predicted octanol–water partition coefficient (Wildman–Crippen LogP) is 3.69. The smallest absolute Gasteiger partial charge is 0.255 e. The van der Waals surface area contributed by atoms with Gasteiger partial charge in [0.1, 0.15) is 11.5 Å². The number of carbonyl (C=O) groups is 2. The van der Waals surface area contributed by atoms with Crippen LogP contribution in [0.4, 0.5) is 11.4 Å². The fourth-order valence-corrected chi connectivity index (χ4v) is 2.25. The van der Waals surface area contributed by atoms with Gasteiger partial charge in [0.15, 0.2) is 0 Å². The lowest BCUT2D eigenvalue weighted by Crippen LogP contribution is -2.13. The Morgan fingerprint density at radius 3 is 2.28 bits per heavy atom. The molecule has 2 rings (SSSR count). The Balaban J connectivity index is 2.07. The van der Waals surface area contributed by atoms with E-state index < -0.39 is 0 Å². The number of carbonyl (C=O) groups excluding carboxylic acids is 2. The number of benzene rings is 2. The average molecular weight is 342 g/mol. The fourth-order valence-electron chi connectivity index (χ4n) is 2.25. The molecule has 0 unspecified atom stereocenters. The van der Waals surface area contributed by atoms with Crippen LogP contribution in [-0.4, -0.2) is 26.0 Å². The molecule has 132 valence electrons. The number of rotatable bonds is 7. The average Bonchev–Trinajstić information content (AvgIpc) is 2.62. The van der Waals surface area contributed by atoms with Gasteiger partial charge < -0.3 is 20.1 Å². The van der Waals surface area contributed by atoms with Crippen molar-refractivity contribution in [2.24, 2.45) is 0 Å². The monoisotopic (exact) mass is 342 g/mol. The summed E-state index contributed by atoms with van der Waals surface area (Å²) in [4.78, 5) is 24.0. The van der Waals surface area contributed by atoms with Gasteiger partial charge in [-0.1, -0.05) is 6.92 Å². The zero-order chi connectivity index (χ0) is 18.2. The summed E-state index contributed by atoms with van der Waals surface area (Å²) in [7, 11) is 3.09. The molecular weight excluding hydrogens is 320 g/mol. The fraction of sp³-hybridized carbons (Fsp3) is 0.263. The molecule has 0 aliphatic rings. The maximum atomic E-state index is 12.4. The Bertz CT molecular complexity index is 742. The molecule has 0 heterocycles. The van der Waals surface area contributed by atoms with Gasteiger partial charge >= 0.3 is 0 Å². The minimum absolute atomic E-state index is 0.0392. The minimum Gasteiger partial charge on any atom is -0.497 e. The third kappa shape index (κ3) is 4.97. The van der Waals surface area contributed by atoms with Gasteiger partial charge in [0.2, 0.25) is 5.91 Å². The van der Waals surface area contributed by atoms with E-state index in [2.05, 4.69) is 10.6 Å². The molecule has 0 saturated heterocycles. The van der Waals surface area contributed by atoms with Crippen LogP contribution in [0, 0.1) is 0 Å². The first-order chi connectivity index (χ1) is 12.1. The van der Waals surface area contributed by atoms with E-state index in [0.29, 0.717) is 34.9 Å². The van der Waals surface area contributed by atoms with Gasteiger partial charge in [-0.3, -0.25) is 9.59 Å². The summed E-state index contributed by atoms with van der Waals surface area (Å²) < 4.78 is 10.4. The van der Waals surface area contributed by atoms with E-state index in [-0.39, 0.29) is 11.8 Å². The minimum atomic E-state index is -0.269. The summed E-state index contributed by atoms with van der Waals surface area (Å²) in [5, 5.41) is 5.59. The van der Waals surface area contributed by atoms with Crippen LogP contribution in [0.2, 0.25) is 0 Å². The standard InChI is InChI=1S/C19H22N2O4/c1-4-5-18(22)20-14-8-6-13(7-9-14)19(23)21-16-11-10-15(24-2)12-17(16)25-3/h6-12H,4-5H2,1-3H3,(H,20,22)(H,21,23). The lowest BCUT2D eigenvalue weighted by atomic mass is 10.1. The van der Waals surface area contributed by atoms with Crippen LogP contribution in [0.1, 0.15) is 30.1 Å². The zero-order valence-corrected chi connectivity index (χ0v) is 14.6. The highest BCUT2D eigenvalue weighted by Gasteiger charge is 2.11. The number of hydrogen-bond acceptors (Lipinski definition) is 4. The van der Waals surface area contributed by atoms with Crippen LogP contribution < -0.4 is 20.1 Å². The first-order valence-electron chi connectivity index (χ1n) is 8.00. The lowest BCUT2D eigenvalue weighted by molar-refractivity contribution is -0.116. The van der Waals surface area contributed by atoms with Crippen molar-refractivity contribution < 1.29 is 19.1 Å². The third-order valence-electron chi connectivity index (χ3n) is 3.56. The van der Waals surface area contributed by atoms with Gasteiger partial charge in [-0.25, -0.2) is 0 Å². The number of amides is 2. The van der Waals surface area contributed by atoms with E-state index in [1.807, 2.05) is 6.92 Å². The van der Waals surface area contributed by atoms with Gasteiger partial charge in [-0.05, 0) is 42.8 Å². The van der Waals surface area contributed by atoms with Crippen molar-refractivity contribution in [3.8, 4) is 11.5 Å². The maximum absolute atomic E-state index is 12.4. The second-order valence-electron chi connectivity index (χ2n) is 5.40. The van der Waals surface area contributed by atoms with E-state index in [1.165, 1.54) is 7.11 Å². The SMILES string of the molecule is CCCC(=O)Nc1ccc(C(=O)Nc2ccc(OC)cc2OC)cc1. The van der Waals surface area contributed by atoms with Gasteiger partial charge in [-0.2, -0.15) is 0 Å². The molecule has 2 aromatic rings. The molecule has 0 aliphatic carbocycles. The van der Waals surface area contributed by atoms with Crippen molar-refractivity contribution in [1.29, 1.82) is 0 Å². The Hall–Kier alpha value is -3.02. The Morgan fingerprint density at radius 1 is 0.960 bits per heavy atom.